The number of hydrogen-bond donors (Lipinski definition) is 2. The van der Waals surface area contributed by atoms with Gasteiger partial charge in [0.2, 0.25) is 5.28 Å². The van der Waals surface area contributed by atoms with E-state index in [1.807, 2.05) is 0 Å². The van der Waals surface area contributed by atoms with Crippen molar-refractivity contribution in [3.63, 3.8) is 0 Å². The number of benzene rings is 1. The van der Waals surface area contributed by atoms with Gasteiger partial charge < -0.3 is 11.1 Å². The number of hydrogen-bond acceptors (Lipinski definition) is 4. The summed E-state index contributed by atoms with van der Waals surface area (Å²) >= 11 is 17.1. The lowest BCUT2D eigenvalue weighted by molar-refractivity contribution is 0.102. The summed E-state index contributed by atoms with van der Waals surface area (Å²) < 4.78 is 0. The Balaban J connectivity index is 2.22. The molecule has 0 saturated heterocycles. The molecule has 0 bridgehead atoms. The third-order valence-electron chi connectivity index (χ3n) is 2.17. The van der Waals surface area contributed by atoms with E-state index in [1.54, 1.807) is 6.07 Å². The van der Waals surface area contributed by atoms with E-state index in [9.17, 15) is 4.79 Å². The quantitative estimate of drug-likeness (QED) is 0.506. The normalized spacial score (nSPS) is 10.3. The highest BCUT2D eigenvalue weighted by Crippen LogP contribution is 2.20. The van der Waals surface area contributed by atoms with Crippen LogP contribution >= 0.6 is 34.8 Å². The van der Waals surface area contributed by atoms with Crippen LogP contribution in [0.2, 0.25) is 15.5 Å². The van der Waals surface area contributed by atoms with Crippen molar-refractivity contribution in [2.24, 2.45) is 0 Å². The molecule has 8 heteroatoms. The number of anilines is 2. The van der Waals surface area contributed by atoms with Crippen LogP contribution in [0.4, 0.5) is 11.5 Å². The smallest absolute Gasteiger partial charge is 0.256 e. The van der Waals surface area contributed by atoms with Crippen LogP contribution in [0.25, 0.3) is 0 Å². The number of amides is 1. The van der Waals surface area contributed by atoms with Crippen molar-refractivity contribution >= 4 is 52.2 Å². The molecule has 5 nitrogen and oxygen atoms in total. The van der Waals surface area contributed by atoms with Crippen LogP contribution in [-0.4, -0.2) is 15.9 Å². The molecule has 98 valence electrons. The van der Waals surface area contributed by atoms with Crippen molar-refractivity contribution in [2.75, 3.05) is 11.1 Å². The monoisotopic (exact) mass is 316 g/mol. The largest absolute Gasteiger partial charge is 0.398 e. The number of rotatable bonds is 2. The molecular formula is C11H7Cl3N4O. The highest BCUT2D eigenvalue weighted by Gasteiger charge is 2.10. The van der Waals surface area contributed by atoms with Gasteiger partial charge in [-0.2, -0.15) is 0 Å². The molecule has 1 aromatic heterocycles. The standard InChI is InChI=1S/C11H7Cl3N4O/c12-6-2-1-5(3-7(6)15)10(19)17-9-4-8(13)16-11(14)18-9/h1-4H,15H2,(H,16,17,18,19). The molecule has 0 spiro atoms. The first-order valence-electron chi connectivity index (χ1n) is 5.02. The Hall–Kier alpha value is -1.56. The Bertz CT molecular complexity index is 628. The molecule has 1 amide bonds. The van der Waals surface area contributed by atoms with Crippen LogP contribution in [0.5, 0.6) is 0 Å². The molecule has 1 aromatic carbocycles. The fraction of sp³-hybridized carbons (Fsp3) is 0. The molecule has 19 heavy (non-hydrogen) atoms. The Morgan fingerprint density at radius 1 is 1.16 bits per heavy atom. The summed E-state index contributed by atoms with van der Waals surface area (Å²) in [6.07, 6.45) is 0. The fourth-order valence-corrected chi connectivity index (χ4v) is 1.85. The first-order chi connectivity index (χ1) is 8.95. The van der Waals surface area contributed by atoms with E-state index in [1.165, 1.54) is 18.2 Å². The van der Waals surface area contributed by atoms with E-state index in [0.717, 1.165) is 0 Å². The Morgan fingerprint density at radius 3 is 2.53 bits per heavy atom. The minimum absolute atomic E-state index is 0.0570. The van der Waals surface area contributed by atoms with Crippen LogP contribution in [-0.2, 0) is 0 Å². The van der Waals surface area contributed by atoms with Gasteiger partial charge in [-0.15, -0.1) is 0 Å². The van der Waals surface area contributed by atoms with Gasteiger partial charge in [-0.25, -0.2) is 9.97 Å². The molecule has 0 radical (unpaired) electrons. The zero-order valence-electron chi connectivity index (χ0n) is 9.32. The fourth-order valence-electron chi connectivity index (χ4n) is 1.33. The molecule has 3 N–H and O–H groups in total. The van der Waals surface area contributed by atoms with Gasteiger partial charge in [0.25, 0.3) is 5.91 Å². The minimum atomic E-state index is -0.408. The van der Waals surface area contributed by atoms with Crippen molar-refractivity contribution in [1.82, 2.24) is 9.97 Å². The third kappa shape index (κ3) is 3.47. The summed E-state index contributed by atoms with van der Waals surface area (Å²) in [6.45, 7) is 0. The molecule has 2 rings (SSSR count). The van der Waals surface area contributed by atoms with Crippen molar-refractivity contribution in [1.29, 1.82) is 0 Å². The second-order valence-corrected chi connectivity index (χ2v) is 4.67. The lowest BCUT2D eigenvalue weighted by atomic mass is 10.2. The molecule has 2 aromatic rings. The molecule has 0 unspecified atom stereocenters. The molecular weight excluding hydrogens is 311 g/mol. The number of aromatic nitrogens is 2. The van der Waals surface area contributed by atoms with E-state index in [0.29, 0.717) is 16.3 Å². The zero-order valence-corrected chi connectivity index (χ0v) is 11.6. The number of carbonyl (C=O) groups is 1. The maximum absolute atomic E-state index is 11.9. The summed E-state index contributed by atoms with van der Waals surface area (Å²) in [4.78, 5) is 19.4. The predicted molar refractivity (Wildman–Crippen MR) is 75.9 cm³/mol. The third-order valence-corrected chi connectivity index (χ3v) is 2.87. The lowest BCUT2D eigenvalue weighted by Gasteiger charge is -2.06. The van der Waals surface area contributed by atoms with Gasteiger partial charge in [-0.3, -0.25) is 4.79 Å². The zero-order chi connectivity index (χ0) is 14.0. The van der Waals surface area contributed by atoms with Crippen LogP contribution in [0, 0.1) is 0 Å². The van der Waals surface area contributed by atoms with E-state index >= 15 is 0 Å². The highest BCUT2D eigenvalue weighted by atomic mass is 35.5. The van der Waals surface area contributed by atoms with Gasteiger partial charge in [-0.1, -0.05) is 23.2 Å². The topological polar surface area (TPSA) is 80.9 Å². The first-order valence-corrected chi connectivity index (χ1v) is 6.15. The highest BCUT2D eigenvalue weighted by molar-refractivity contribution is 6.33. The number of nitrogens with zero attached hydrogens (tertiary/aromatic N) is 2. The Kier molecular flexibility index (Phi) is 4.09. The summed E-state index contributed by atoms with van der Waals surface area (Å²) in [5, 5.41) is 2.98. The van der Waals surface area contributed by atoms with Crippen molar-refractivity contribution < 1.29 is 4.79 Å². The summed E-state index contributed by atoms with van der Waals surface area (Å²) in [7, 11) is 0. The van der Waals surface area contributed by atoms with Crippen LogP contribution in [0.3, 0.4) is 0 Å². The average molecular weight is 318 g/mol. The lowest BCUT2D eigenvalue weighted by Crippen LogP contribution is -2.13. The number of nitrogens with two attached hydrogens (primary N) is 1. The van der Waals surface area contributed by atoms with Gasteiger partial charge >= 0.3 is 0 Å². The molecule has 0 saturated carbocycles. The van der Waals surface area contributed by atoms with Crippen molar-refractivity contribution in [2.45, 2.75) is 0 Å². The molecule has 0 aliphatic carbocycles. The van der Waals surface area contributed by atoms with Gasteiger partial charge in [0, 0.05) is 11.6 Å². The number of nitrogens with one attached hydrogen (secondary N) is 1. The van der Waals surface area contributed by atoms with Crippen LogP contribution in [0.15, 0.2) is 24.3 Å². The van der Waals surface area contributed by atoms with E-state index in [-0.39, 0.29) is 16.3 Å². The maximum atomic E-state index is 11.9. The minimum Gasteiger partial charge on any atom is -0.398 e. The van der Waals surface area contributed by atoms with Crippen LogP contribution < -0.4 is 11.1 Å². The summed E-state index contributed by atoms with van der Waals surface area (Å²) in [5.41, 5.74) is 6.27. The average Bonchev–Trinajstić information content (AvgIpc) is 2.31. The second kappa shape index (κ2) is 5.61. The number of carbonyl (C=O) groups excluding carboxylic acids is 1. The van der Waals surface area contributed by atoms with E-state index in [4.69, 9.17) is 40.5 Å². The summed E-state index contributed by atoms with van der Waals surface area (Å²) in [5.74, 6) is -0.210. The molecule has 1 heterocycles. The molecule has 0 aliphatic heterocycles. The van der Waals surface area contributed by atoms with Crippen LogP contribution in [0.1, 0.15) is 10.4 Å². The van der Waals surface area contributed by atoms with Gasteiger partial charge in [0.1, 0.15) is 11.0 Å². The predicted octanol–water partition coefficient (Wildman–Crippen LogP) is 3.27. The van der Waals surface area contributed by atoms with Gasteiger partial charge in [0.05, 0.1) is 10.7 Å². The van der Waals surface area contributed by atoms with Gasteiger partial charge in [0.15, 0.2) is 0 Å². The molecule has 0 atom stereocenters. The second-order valence-electron chi connectivity index (χ2n) is 3.54. The number of nitrogen functional groups attached to an aromatic ring is 1. The maximum Gasteiger partial charge on any atom is 0.256 e. The van der Waals surface area contributed by atoms with Gasteiger partial charge in [-0.05, 0) is 29.8 Å². The molecule has 0 fully saturated rings. The first kappa shape index (κ1) is 13.9. The Labute approximate surface area is 123 Å². The Morgan fingerprint density at radius 2 is 1.89 bits per heavy atom. The molecule has 0 aliphatic rings. The van der Waals surface area contributed by atoms with E-state index < -0.39 is 5.91 Å². The summed E-state index contributed by atoms with van der Waals surface area (Å²) in [6, 6.07) is 5.91. The van der Waals surface area contributed by atoms with Crippen molar-refractivity contribution in [3.05, 3.63) is 45.3 Å². The number of halogens is 3. The van der Waals surface area contributed by atoms with Crippen molar-refractivity contribution in [3.8, 4) is 0 Å². The SMILES string of the molecule is Nc1cc(C(=O)Nc2cc(Cl)nc(Cl)n2)ccc1Cl. The van der Waals surface area contributed by atoms with E-state index in [2.05, 4.69) is 15.3 Å².